The molecule has 1 rings (SSSR count). The second kappa shape index (κ2) is 6.65. The van der Waals surface area contributed by atoms with Crippen LogP contribution < -0.4 is 51.4 Å². The predicted molar refractivity (Wildman–Crippen MR) is 44.6 cm³/mol. The molecule has 0 saturated carbocycles. The van der Waals surface area contributed by atoms with E-state index in [1.165, 1.54) is 0 Å². The van der Waals surface area contributed by atoms with Crippen LogP contribution in [0.3, 0.4) is 0 Å². The second-order valence-electron chi connectivity index (χ2n) is 3.42. The van der Waals surface area contributed by atoms with Gasteiger partial charge >= 0.3 is 58.4 Å². The van der Waals surface area contributed by atoms with E-state index < -0.39 is 13.3 Å². The van der Waals surface area contributed by atoms with Gasteiger partial charge in [0.25, 0.3) is 0 Å². The molecular formula is C7H12BF3KNO. The molecule has 0 radical (unpaired) electrons. The van der Waals surface area contributed by atoms with Gasteiger partial charge in [-0.1, -0.05) is 6.32 Å². The molecule has 14 heavy (non-hydrogen) atoms. The molecule has 1 saturated heterocycles. The van der Waals surface area contributed by atoms with E-state index in [2.05, 4.69) is 0 Å². The van der Waals surface area contributed by atoms with Crippen LogP contribution in [0.15, 0.2) is 0 Å². The second-order valence-corrected chi connectivity index (χ2v) is 3.42. The van der Waals surface area contributed by atoms with E-state index in [0.717, 1.165) is 0 Å². The van der Waals surface area contributed by atoms with Crippen molar-refractivity contribution < 1.29 is 69.1 Å². The summed E-state index contributed by atoms with van der Waals surface area (Å²) in [4.78, 5) is 12.5. The molecule has 0 aliphatic carbocycles. The van der Waals surface area contributed by atoms with Crippen molar-refractivity contribution in [3.8, 4) is 0 Å². The van der Waals surface area contributed by atoms with Crippen LogP contribution in [-0.2, 0) is 4.79 Å². The van der Waals surface area contributed by atoms with Crippen molar-refractivity contribution in [3.05, 3.63) is 0 Å². The number of Topliss-reactive ketones (excluding diaryl/α,β-unsaturated/α-hetero) is 1. The van der Waals surface area contributed by atoms with E-state index in [0.29, 0.717) is 19.4 Å². The monoisotopic (exact) mass is 233 g/mol. The molecule has 76 valence electrons. The summed E-state index contributed by atoms with van der Waals surface area (Å²) in [6.07, 6.45) is 0.463. The van der Waals surface area contributed by atoms with E-state index in [9.17, 15) is 17.7 Å². The molecule has 2 nitrogen and oxygen atoms in total. The minimum atomic E-state index is -4.70. The van der Waals surface area contributed by atoms with Gasteiger partial charge < -0.3 is 12.9 Å². The topological polar surface area (TPSA) is 20.3 Å². The molecule has 1 aliphatic rings. The van der Waals surface area contributed by atoms with Gasteiger partial charge in [0.2, 0.25) is 0 Å². The third kappa shape index (κ3) is 6.58. The first-order valence-electron chi connectivity index (χ1n) is 4.42. The number of piperidine rings is 1. The molecule has 0 aromatic carbocycles. The smallest absolute Gasteiger partial charge is 0.449 e. The molecule has 0 aromatic rings. The molecule has 1 fully saturated rings. The number of rotatable bonds is 3. The number of nitrogens with zero attached hydrogens (tertiary/aromatic N) is 1. The average Bonchev–Trinajstić information content (AvgIpc) is 2.00. The summed E-state index contributed by atoms with van der Waals surface area (Å²) in [5, 5.41) is 0. The normalized spacial score (nSPS) is 19.2. The Bertz CT molecular complexity index is 200. The molecule has 0 unspecified atom stereocenters. The van der Waals surface area contributed by atoms with E-state index in [1.54, 1.807) is 4.90 Å². The molecule has 0 atom stereocenters. The van der Waals surface area contributed by atoms with Crippen LogP contribution in [0.5, 0.6) is 0 Å². The molecule has 0 amide bonds. The average molecular weight is 233 g/mol. The Hall–Kier alpha value is 1.12. The van der Waals surface area contributed by atoms with Gasteiger partial charge in [0.15, 0.2) is 0 Å². The fourth-order valence-electron chi connectivity index (χ4n) is 1.43. The van der Waals surface area contributed by atoms with Crippen molar-refractivity contribution in [2.45, 2.75) is 19.2 Å². The predicted octanol–water partition coefficient (Wildman–Crippen LogP) is -1.50. The summed E-state index contributed by atoms with van der Waals surface area (Å²) in [7, 11) is 0. The van der Waals surface area contributed by atoms with Crippen LogP contribution in [0.4, 0.5) is 12.9 Å². The van der Waals surface area contributed by atoms with Gasteiger partial charge in [-0.05, 0) is 19.5 Å². The fourth-order valence-corrected chi connectivity index (χ4v) is 1.43. The summed E-state index contributed by atoms with van der Waals surface area (Å²) >= 11 is 0. The molecule has 1 aliphatic heterocycles. The van der Waals surface area contributed by atoms with E-state index in [4.69, 9.17) is 0 Å². The van der Waals surface area contributed by atoms with Crippen LogP contribution in [0.1, 0.15) is 12.8 Å². The SMILES string of the molecule is O=C1CCCN(CC[B-](F)(F)F)C1.[K+]. The number of hydrogen-bond acceptors (Lipinski definition) is 2. The fraction of sp³-hybridized carbons (Fsp3) is 0.857. The van der Waals surface area contributed by atoms with Crippen LogP contribution in [-0.4, -0.2) is 37.3 Å². The van der Waals surface area contributed by atoms with Crippen molar-refractivity contribution in [1.82, 2.24) is 4.90 Å². The van der Waals surface area contributed by atoms with Crippen molar-refractivity contribution in [3.63, 3.8) is 0 Å². The Labute approximate surface area is 124 Å². The molecule has 0 N–H and O–H groups in total. The Morgan fingerprint density at radius 2 is 2.00 bits per heavy atom. The third-order valence-electron chi connectivity index (χ3n) is 2.10. The maximum Gasteiger partial charge on any atom is 1.00 e. The number of halogens is 3. The first-order valence-corrected chi connectivity index (χ1v) is 4.42. The summed E-state index contributed by atoms with van der Waals surface area (Å²) in [5.74, 6) is 0.0564. The Morgan fingerprint density at radius 3 is 2.50 bits per heavy atom. The van der Waals surface area contributed by atoms with E-state index >= 15 is 0 Å². The number of hydrogen-bond donors (Lipinski definition) is 0. The first-order chi connectivity index (χ1) is 5.97. The summed E-state index contributed by atoms with van der Waals surface area (Å²) in [6.45, 7) is -3.89. The van der Waals surface area contributed by atoms with Gasteiger partial charge in [0.05, 0.1) is 6.54 Å². The maximum atomic E-state index is 11.9. The maximum absolute atomic E-state index is 11.9. The zero-order chi connectivity index (χ0) is 9.90. The number of ketones is 1. The van der Waals surface area contributed by atoms with Crippen molar-refractivity contribution in [2.75, 3.05) is 19.6 Å². The molecule has 0 aromatic heterocycles. The van der Waals surface area contributed by atoms with E-state index in [1.807, 2.05) is 0 Å². The number of carbonyl (C=O) groups is 1. The molecule has 0 bridgehead atoms. The minimum absolute atomic E-state index is 0. The van der Waals surface area contributed by atoms with Gasteiger partial charge in [-0.15, -0.1) is 0 Å². The molecular weight excluding hydrogens is 221 g/mol. The molecule has 1 heterocycles. The quantitative estimate of drug-likeness (QED) is 0.553. The molecule has 0 spiro atoms. The number of likely N-dealkylation sites (tertiary alicyclic amines) is 1. The van der Waals surface area contributed by atoms with Gasteiger partial charge in [-0.2, -0.15) is 0 Å². The molecule has 7 heteroatoms. The van der Waals surface area contributed by atoms with Gasteiger partial charge in [0, 0.05) is 6.42 Å². The summed E-state index contributed by atoms with van der Waals surface area (Å²) < 4.78 is 35.6. The Kier molecular flexibility index (Phi) is 7.18. The van der Waals surface area contributed by atoms with Gasteiger partial charge in [-0.3, -0.25) is 9.69 Å². The third-order valence-corrected chi connectivity index (χ3v) is 2.10. The van der Waals surface area contributed by atoms with Gasteiger partial charge in [-0.25, -0.2) is 0 Å². The Balaban J connectivity index is 0.00000169. The van der Waals surface area contributed by atoms with Crippen LogP contribution >= 0.6 is 0 Å². The zero-order valence-electron chi connectivity index (χ0n) is 8.31. The Morgan fingerprint density at radius 1 is 1.36 bits per heavy atom. The van der Waals surface area contributed by atoms with Crippen LogP contribution in [0.25, 0.3) is 0 Å². The largest absolute Gasteiger partial charge is 1.00 e. The van der Waals surface area contributed by atoms with Gasteiger partial charge in [0.1, 0.15) is 5.78 Å². The summed E-state index contributed by atoms with van der Waals surface area (Å²) in [6, 6.07) is 0. The van der Waals surface area contributed by atoms with Crippen molar-refractivity contribution >= 4 is 12.8 Å². The van der Waals surface area contributed by atoms with Crippen LogP contribution in [0.2, 0.25) is 6.32 Å². The van der Waals surface area contributed by atoms with Crippen molar-refractivity contribution in [1.29, 1.82) is 0 Å². The van der Waals surface area contributed by atoms with Crippen molar-refractivity contribution in [2.24, 2.45) is 0 Å². The minimum Gasteiger partial charge on any atom is -0.449 e. The number of carbonyl (C=O) groups excluding carboxylic acids is 1. The van der Waals surface area contributed by atoms with Crippen LogP contribution in [0, 0.1) is 0 Å². The standard InChI is InChI=1S/C7H12BF3NO.K/c9-8(10,11)3-5-12-4-1-2-7(13)6-12;/h1-6H2;/q-1;+1. The summed E-state index contributed by atoms with van der Waals surface area (Å²) in [5.41, 5.74) is 0. The first kappa shape index (κ1) is 15.1. The van der Waals surface area contributed by atoms with E-state index in [-0.39, 0.29) is 70.3 Å². The zero-order valence-corrected chi connectivity index (χ0v) is 11.4.